The summed E-state index contributed by atoms with van der Waals surface area (Å²) in [4.78, 5) is 2.55. The molecule has 0 unspecified atom stereocenters. The number of nitrogens with one attached hydrogen (secondary N) is 1. The normalized spacial score (nSPS) is 15.8. The number of hydrogen-bond acceptors (Lipinski definition) is 4. The molecule has 2 aromatic rings. The van der Waals surface area contributed by atoms with Crippen LogP contribution in [0, 0.1) is 0 Å². The molecule has 1 fully saturated rings. The molecule has 132 valence electrons. The first-order valence-electron chi connectivity index (χ1n) is 8.93. The van der Waals surface area contributed by atoms with Crippen LogP contribution in [-0.2, 0) is 13.0 Å². The SMILES string of the molecule is CCn1cc(CCCN2CCNCC2)c2cc(OC)c(OC)cc21. The van der Waals surface area contributed by atoms with E-state index in [0.29, 0.717) is 0 Å². The van der Waals surface area contributed by atoms with Crippen LogP contribution in [0.15, 0.2) is 18.3 Å². The topological polar surface area (TPSA) is 38.7 Å². The zero-order valence-electron chi connectivity index (χ0n) is 15.1. The maximum atomic E-state index is 5.49. The molecular weight excluding hydrogens is 302 g/mol. The van der Waals surface area contributed by atoms with E-state index in [9.17, 15) is 0 Å². The molecule has 1 N–H and O–H groups in total. The lowest BCUT2D eigenvalue weighted by atomic mass is 10.1. The fraction of sp³-hybridized carbons (Fsp3) is 0.579. The Hall–Kier alpha value is -1.72. The molecule has 24 heavy (non-hydrogen) atoms. The molecular formula is C19H29N3O2. The van der Waals surface area contributed by atoms with Crippen LogP contribution in [0.5, 0.6) is 11.5 Å². The van der Waals surface area contributed by atoms with Crippen molar-refractivity contribution in [3.63, 3.8) is 0 Å². The van der Waals surface area contributed by atoms with Crippen LogP contribution < -0.4 is 14.8 Å². The van der Waals surface area contributed by atoms with Gasteiger partial charge in [-0.3, -0.25) is 0 Å². The van der Waals surface area contributed by atoms with Crippen molar-refractivity contribution < 1.29 is 9.47 Å². The van der Waals surface area contributed by atoms with Crippen molar-refractivity contribution in [3.05, 3.63) is 23.9 Å². The lowest BCUT2D eigenvalue weighted by Gasteiger charge is -2.26. The molecule has 1 aromatic heterocycles. The second-order valence-corrected chi connectivity index (χ2v) is 6.36. The van der Waals surface area contributed by atoms with Gasteiger partial charge in [-0.2, -0.15) is 0 Å². The molecule has 0 atom stereocenters. The van der Waals surface area contributed by atoms with Crippen LogP contribution in [0.3, 0.4) is 0 Å². The van der Waals surface area contributed by atoms with Crippen LogP contribution >= 0.6 is 0 Å². The Morgan fingerprint density at radius 2 is 1.79 bits per heavy atom. The molecule has 0 amide bonds. The summed E-state index contributed by atoms with van der Waals surface area (Å²) < 4.78 is 13.3. The van der Waals surface area contributed by atoms with Gasteiger partial charge in [0, 0.05) is 50.4 Å². The minimum absolute atomic E-state index is 0.796. The lowest BCUT2D eigenvalue weighted by molar-refractivity contribution is 0.238. The number of benzene rings is 1. The molecule has 1 aromatic carbocycles. The average molecular weight is 331 g/mol. The highest BCUT2D eigenvalue weighted by atomic mass is 16.5. The molecule has 1 aliphatic heterocycles. The van der Waals surface area contributed by atoms with Gasteiger partial charge in [0.2, 0.25) is 0 Å². The van der Waals surface area contributed by atoms with Crippen LogP contribution in [0.2, 0.25) is 0 Å². The molecule has 0 radical (unpaired) electrons. The van der Waals surface area contributed by atoms with Crippen molar-refractivity contribution in [1.29, 1.82) is 0 Å². The minimum atomic E-state index is 0.796. The molecule has 1 saturated heterocycles. The number of fused-ring (bicyclic) bond motifs is 1. The summed E-state index contributed by atoms with van der Waals surface area (Å²) in [5.74, 6) is 1.60. The monoisotopic (exact) mass is 331 g/mol. The van der Waals surface area contributed by atoms with E-state index < -0.39 is 0 Å². The zero-order chi connectivity index (χ0) is 16.9. The van der Waals surface area contributed by atoms with Crippen molar-refractivity contribution in [2.45, 2.75) is 26.3 Å². The Labute approximate surface area is 144 Å². The fourth-order valence-electron chi connectivity index (χ4n) is 3.58. The van der Waals surface area contributed by atoms with Gasteiger partial charge in [0.15, 0.2) is 11.5 Å². The molecule has 0 bridgehead atoms. The summed E-state index contributed by atoms with van der Waals surface area (Å²) in [6.07, 6.45) is 4.58. The molecule has 5 heteroatoms. The van der Waals surface area contributed by atoms with E-state index in [1.807, 2.05) is 0 Å². The van der Waals surface area contributed by atoms with Gasteiger partial charge in [0.05, 0.1) is 19.7 Å². The van der Waals surface area contributed by atoms with Crippen LogP contribution in [0.4, 0.5) is 0 Å². The van der Waals surface area contributed by atoms with E-state index in [2.05, 4.69) is 40.0 Å². The molecule has 5 nitrogen and oxygen atoms in total. The number of nitrogens with zero attached hydrogens (tertiary/aromatic N) is 2. The number of piperazine rings is 1. The Morgan fingerprint density at radius 3 is 2.46 bits per heavy atom. The second kappa shape index (κ2) is 7.90. The number of methoxy groups -OCH3 is 2. The molecule has 0 spiro atoms. The van der Waals surface area contributed by atoms with Crippen LogP contribution in [0.25, 0.3) is 10.9 Å². The lowest BCUT2D eigenvalue weighted by Crippen LogP contribution is -2.43. The van der Waals surface area contributed by atoms with E-state index in [4.69, 9.17) is 9.47 Å². The van der Waals surface area contributed by atoms with Crippen LogP contribution in [-0.4, -0.2) is 56.4 Å². The van der Waals surface area contributed by atoms with Gasteiger partial charge < -0.3 is 24.3 Å². The predicted octanol–water partition coefficient (Wildman–Crippen LogP) is 2.52. The molecule has 0 aliphatic carbocycles. The second-order valence-electron chi connectivity index (χ2n) is 6.36. The summed E-state index contributed by atoms with van der Waals surface area (Å²) in [5, 5.41) is 4.70. The van der Waals surface area contributed by atoms with E-state index >= 15 is 0 Å². The summed E-state index contributed by atoms with van der Waals surface area (Å²) in [6, 6.07) is 4.22. The molecule has 0 saturated carbocycles. The minimum Gasteiger partial charge on any atom is -0.493 e. The Balaban J connectivity index is 1.79. The van der Waals surface area contributed by atoms with E-state index in [0.717, 1.165) is 37.6 Å². The third kappa shape index (κ3) is 3.52. The van der Waals surface area contributed by atoms with E-state index in [1.165, 1.54) is 42.5 Å². The summed E-state index contributed by atoms with van der Waals surface area (Å²) in [6.45, 7) is 8.89. The Morgan fingerprint density at radius 1 is 1.08 bits per heavy atom. The first-order chi connectivity index (χ1) is 11.8. The standard InChI is InChI=1S/C19H29N3O2/c1-4-22-14-15(6-5-9-21-10-7-20-8-11-21)16-12-18(23-2)19(24-3)13-17(16)22/h12-14,20H,4-11H2,1-3H3. The zero-order valence-corrected chi connectivity index (χ0v) is 15.1. The first kappa shape index (κ1) is 17.1. The number of rotatable bonds is 7. The van der Waals surface area contributed by atoms with Crippen molar-refractivity contribution >= 4 is 10.9 Å². The Bertz CT molecular complexity index is 675. The van der Waals surface area contributed by atoms with Gasteiger partial charge in [-0.25, -0.2) is 0 Å². The fourth-order valence-corrected chi connectivity index (χ4v) is 3.58. The first-order valence-corrected chi connectivity index (χ1v) is 8.93. The van der Waals surface area contributed by atoms with Gasteiger partial charge in [0.25, 0.3) is 0 Å². The van der Waals surface area contributed by atoms with Gasteiger partial charge in [-0.05, 0) is 37.9 Å². The van der Waals surface area contributed by atoms with Gasteiger partial charge in [-0.15, -0.1) is 0 Å². The summed E-state index contributed by atoms with van der Waals surface area (Å²) in [7, 11) is 3.39. The van der Waals surface area contributed by atoms with Crippen molar-refractivity contribution in [1.82, 2.24) is 14.8 Å². The molecule has 1 aliphatic rings. The average Bonchev–Trinajstić information content (AvgIpc) is 2.98. The quantitative estimate of drug-likeness (QED) is 0.846. The number of aryl methyl sites for hydroxylation is 2. The van der Waals surface area contributed by atoms with E-state index in [1.54, 1.807) is 14.2 Å². The number of aromatic nitrogens is 1. The van der Waals surface area contributed by atoms with Crippen molar-refractivity contribution in [3.8, 4) is 11.5 Å². The number of hydrogen-bond donors (Lipinski definition) is 1. The predicted molar refractivity (Wildman–Crippen MR) is 98.3 cm³/mol. The van der Waals surface area contributed by atoms with Crippen molar-refractivity contribution in [2.24, 2.45) is 0 Å². The molecule has 3 rings (SSSR count). The van der Waals surface area contributed by atoms with Gasteiger partial charge in [0.1, 0.15) is 0 Å². The maximum Gasteiger partial charge on any atom is 0.162 e. The van der Waals surface area contributed by atoms with Gasteiger partial charge >= 0.3 is 0 Å². The highest BCUT2D eigenvalue weighted by Crippen LogP contribution is 2.35. The third-order valence-corrected chi connectivity index (χ3v) is 4.94. The van der Waals surface area contributed by atoms with Gasteiger partial charge in [-0.1, -0.05) is 0 Å². The summed E-state index contributed by atoms with van der Waals surface area (Å²) in [5.41, 5.74) is 2.63. The molecule has 2 heterocycles. The summed E-state index contributed by atoms with van der Waals surface area (Å²) >= 11 is 0. The van der Waals surface area contributed by atoms with E-state index in [-0.39, 0.29) is 0 Å². The number of ether oxygens (including phenoxy) is 2. The van der Waals surface area contributed by atoms with Crippen LogP contribution in [0.1, 0.15) is 18.9 Å². The smallest absolute Gasteiger partial charge is 0.162 e. The highest BCUT2D eigenvalue weighted by molar-refractivity contribution is 5.87. The highest BCUT2D eigenvalue weighted by Gasteiger charge is 2.14. The Kier molecular flexibility index (Phi) is 5.63. The third-order valence-electron chi connectivity index (χ3n) is 4.94. The maximum absolute atomic E-state index is 5.49. The largest absolute Gasteiger partial charge is 0.493 e. The van der Waals surface area contributed by atoms with Crippen molar-refractivity contribution in [2.75, 3.05) is 46.9 Å².